The molecular weight excluding hydrogens is 266 g/mol. The number of amides is 1. The number of aromatic nitrogens is 2. The van der Waals surface area contributed by atoms with E-state index in [9.17, 15) is 4.79 Å². The first kappa shape index (κ1) is 13.3. The summed E-state index contributed by atoms with van der Waals surface area (Å²) in [5.41, 5.74) is 0.941. The van der Waals surface area contributed by atoms with Crippen LogP contribution in [0.4, 0.5) is 5.69 Å². The molecular formula is C13H12ClN3O2. The van der Waals surface area contributed by atoms with E-state index in [0.717, 1.165) is 0 Å². The van der Waals surface area contributed by atoms with Gasteiger partial charge >= 0.3 is 0 Å². The van der Waals surface area contributed by atoms with Crippen molar-refractivity contribution in [3.05, 3.63) is 47.5 Å². The first-order valence-electron chi connectivity index (χ1n) is 5.51. The maximum Gasteiger partial charge on any atom is 0.278 e. The topological polar surface area (TPSA) is 55.3 Å². The average molecular weight is 278 g/mol. The number of anilines is 1. The van der Waals surface area contributed by atoms with Crippen molar-refractivity contribution >= 4 is 23.2 Å². The molecule has 0 saturated carbocycles. The molecule has 0 N–H and O–H groups in total. The Morgan fingerprint density at radius 3 is 2.74 bits per heavy atom. The zero-order valence-electron chi connectivity index (χ0n) is 10.5. The molecule has 0 bridgehead atoms. The summed E-state index contributed by atoms with van der Waals surface area (Å²) in [5, 5.41) is 0.251. The van der Waals surface area contributed by atoms with Gasteiger partial charge in [0, 0.05) is 18.8 Å². The van der Waals surface area contributed by atoms with Crippen molar-refractivity contribution < 1.29 is 9.53 Å². The number of benzene rings is 1. The third kappa shape index (κ3) is 3.00. The van der Waals surface area contributed by atoms with Gasteiger partial charge in [-0.1, -0.05) is 17.7 Å². The van der Waals surface area contributed by atoms with Crippen molar-refractivity contribution in [2.24, 2.45) is 0 Å². The second-order valence-corrected chi connectivity index (χ2v) is 4.18. The fourth-order valence-electron chi connectivity index (χ4n) is 1.53. The number of rotatable bonds is 3. The molecule has 98 valence electrons. The van der Waals surface area contributed by atoms with Crippen molar-refractivity contribution in [3.8, 4) is 5.75 Å². The van der Waals surface area contributed by atoms with Crippen LogP contribution in [0.15, 0.2) is 36.7 Å². The Balaban J connectivity index is 2.25. The van der Waals surface area contributed by atoms with E-state index >= 15 is 0 Å². The Bertz CT molecular complexity index is 587. The molecule has 0 aliphatic rings. The smallest absolute Gasteiger partial charge is 0.278 e. The summed E-state index contributed by atoms with van der Waals surface area (Å²) in [7, 11) is 3.24. The van der Waals surface area contributed by atoms with Crippen molar-refractivity contribution in [2.75, 3.05) is 19.1 Å². The summed E-state index contributed by atoms with van der Waals surface area (Å²) in [6, 6.07) is 7.19. The maximum atomic E-state index is 12.2. The second-order valence-electron chi connectivity index (χ2n) is 3.79. The first-order chi connectivity index (χ1) is 9.11. The molecule has 19 heavy (non-hydrogen) atoms. The molecule has 0 spiro atoms. The van der Waals surface area contributed by atoms with Crippen molar-refractivity contribution in [1.82, 2.24) is 9.97 Å². The minimum Gasteiger partial charge on any atom is -0.497 e. The lowest BCUT2D eigenvalue weighted by Crippen LogP contribution is -2.27. The number of halogens is 1. The molecule has 5 nitrogen and oxygen atoms in total. The van der Waals surface area contributed by atoms with Gasteiger partial charge in [0.25, 0.3) is 5.91 Å². The molecule has 6 heteroatoms. The Morgan fingerprint density at radius 1 is 1.32 bits per heavy atom. The molecule has 2 rings (SSSR count). The molecule has 0 aliphatic heterocycles. The summed E-state index contributed by atoms with van der Waals surface area (Å²) in [5.74, 6) is 0.414. The predicted molar refractivity (Wildman–Crippen MR) is 72.8 cm³/mol. The number of hydrogen-bond donors (Lipinski definition) is 0. The summed E-state index contributed by atoms with van der Waals surface area (Å²) in [6.45, 7) is 0. The van der Waals surface area contributed by atoms with Crippen molar-refractivity contribution in [1.29, 1.82) is 0 Å². The lowest BCUT2D eigenvalue weighted by molar-refractivity contribution is 0.0988. The van der Waals surface area contributed by atoms with Crippen LogP contribution in [-0.2, 0) is 0 Å². The monoisotopic (exact) mass is 277 g/mol. The van der Waals surface area contributed by atoms with Gasteiger partial charge in [-0.05, 0) is 12.1 Å². The lowest BCUT2D eigenvalue weighted by atomic mass is 10.2. The average Bonchev–Trinajstić information content (AvgIpc) is 2.46. The van der Waals surface area contributed by atoms with Crippen LogP contribution in [0.1, 0.15) is 10.5 Å². The van der Waals surface area contributed by atoms with Gasteiger partial charge < -0.3 is 9.64 Å². The van der Waals surface area contributed by atoms with Gasteiger partial charge in [0.05, 0.1) is 19.5 Å². The molecule has 1 aromatic heterocycles. The molecule has 0 radical (unpaired) electrons. The fraction of sp³-hybridized carbons (Fsp3) is 0.154. The Morgan fingerprint density at radius 2 is 2.11 bits per heavy atom. The van der Waals surface area contributed by atoms with E-state index in [-0.39, 0.29) is 16.8 Å². The molecule has 1 aromatic carbocycles. The van der Waals surface area contributed by atoms with Crippen LogP contribution < -0.4 is 9.64 Å². The largest absolute Gasteiger partial charge is 0.497 e. The van der Waals surface area contributed by atoms with Crippen LogP contribution in [0.2, 0.25) is 5.15 Å². The van der Waals surface area contributed by atoms with E-state index in [0.29, 0.717) is 11.4 Å². The van der Waals surface area contributed by atoms with E-state index in [1.54, 1.807) is 20.2 Å². The summed E-state index contributed by atoms with van der Waals surface area (Å²) in [4.78, 5) is 21.5. The second kappa shape index (κ2) is 5.67. The molecule has 1 amide bonds. The molecule has 2 aromatic rings. The molecule has 0 atom stereocenters. The standard InChI is InChI=1S/C13H12ClN3O2/c1-17(9-4-3-5-10(6-9)19-2)13(18)11-7-16-12(14)8-15-11/h3-8H,1-2H3. The number of carbonyl (C=O) groups excluding carboxylic acids is 1. The van der Waals surface area contributed by atoms with Gasteiger partial charge in [0.1, 0.15) is 16.6 Å². The highest BCUT2D eigenvalue weighted by Gasteiger charge is 2.15. The zero-order valence-corrected chi connectivity index (χ0v) is 11.3. The number of ether oxygens (including phenoxy) is 1. The molecule has 0 aliphatic carbocycles. The van der Waals surface area contributed by atoms with Gasteiger partial charge in [-0.15, -0.1) is 0 Å². The van der Waals surface area contributed by atoms with Gasteiger partial charge in [-0.3, -0.25) is 4.79 Å². The quantitative estimate of drug-likeness (QED) is 0.864. The fourth-order valence-corrected chi connectivity index (χ4v) is 1.63. The third-order valence-corrected chi connectivity index (χ3v) is 2.78. The first-order valence-corrected chi connectivity index (χ1v) is 5.89. The van der Waals surface area contributed by atoms with E-state index in [1.807, 2.05) is 18.2 Å². The molecule has 0 unspecified atom stereocenters. The summed E-state index contributed by atoms with van der Waals surface area (Å²) in [6.07, 6.45) is 2.69. The highest BCUT2D eigenvalue weighted by molar-refractivity contribution is 6.29. The van der Waals surface area contributed by atoms with Gasteiger partial charge in [0.2, 0.25) is 0 Å². The molecule has 1 heterocycles. The lowest BCUT2D eigenvalue weighted by Gasteiger charge is -2.17. The summed E-state index contributed by atoms with van der Waals surface area (Å²) >= 11 is 5.64. The third-order valence-electron chi connectivity index (χ3n) is 2.58. The van der Waals surface area contributed by atoms with Crippen molar-refractivity contribution in [3.63, 3.8) is 0 Å². The van der Waals surface area contributed by atoms with Crippen LogP contribution in [0.25, 0.3) is 0 Å². The van der Waals surface area contributed by atoms with E-state index in [4.69, 9.17) is 16.3 Å². The molecule has 0 saturated heterocycles. The van der Waals surface area contributed by atoms with Gasteiger partial charge in [0.15, 0.2) is 0 Å². The maximum absolute atomic E-state index is 12.2. The van der Waals surface area contributed by atoms with E-state index in [2.05, 4.69) is 9.97 Å². The SMILES string of the molecule is COc1cccc(N(C)C(=O)c2cnc(Cl)cn2)c1. The van der Waals surface area contributed by atoms with Crippen molar-refractivity contribution in [2.45, 2.75) is 0 Å². The van der Waals surface area contributed by atoms with E-state index < -0.39 is 0 Å². The number of carbonyl (C=O) groups is 1. The molecule has 0 fully saturated rings. The van der Waals surface area contributed by atoms with E-state index in [1.165, 1.54) is 17.3 Å². The zero-order chi connectivity index (χ0) is 13.8. The van der Waals surface area contributed by atoms with Crippen LogP contribution in [0.3, 0.4) is 0 Å². The Kier molecular flexibility index (Phi) is 3.97. The van der Waals surface area contributed by atoms with Gasteiger partial charge in [-0.25, -0.2) is 9.97 Å². The minimum absolute atomic E-state index is 0.231. The number of nitrogens with zero attached hydrogens (tertiary/aromatic N) is 3. The Labute approximate surface area is 115 Å². The normalized spacial score (nSPS) is 10.1. The van der Waals surface area contributed by atoms with Crippen LogP contribution in [0.5, 0.6) is 5.75 Å². The summed E-state index contributed by atoms with van der Waals surface area (Å²) < 4.78 is 5.12. The van der Waals surface area contributed by atoms with Crippen LogP contribution in [0, 0.1) is 0 Å². The van der Waals surface area contributed by atoms with Crippen LogP contribution in [-0.4, -0.2) is 30.0 Å². The highest BCUT2D eigenvalue weighted by Crippen LogP contribution is 2.21. The van der Waals surface area contributed by atoms with Crippen LogP contribution >= 0.6 is 11.6 Å². The van der Waals surface area contributed by atoms with Gasteiger partial charge in [-0.2, -0.15) is 0 Å². The minimum atomic E-state index is -0.266. The number of methoxy groups -OCH3 is 1. The predicted octanol–water partition coefficient (Wildman–Crippen LogP) is 2.42. The highest BCUT2D eigenvalue weighted by atomic mass is 35.5. The Hall–Kier alpha value is -2.14. The number of hydrogen-bond acceptors (Lipinski definition) is 4.